The van der Waals surface area contributed by atoms with Crippen LogP contribution in [0, 0.1) is 13.8 Å². The van der Waals surface area contributed by atoms with Crippen molar-refractivity contribution in [2.45, 2.75) is 32.7 Å². The molecule has 0 radical (unpaired) electrons. The minimum Gasteiger partial charge on any atom is -0.381 e. The monoisotopic (exact) mass is 287 g/mol. The van der Waals surface area contributed by atoms with Gasteiger partial charge in [-0.15, -0.1) is 0 Å². The molecule has 1 atom stereocenters. The summed E-state index contributed by atoms with van der Waals surface area (Å²) >= 11 is 0. The lowest BCUT2D eigenvalue weighted by Crippen LogP contribution is -2.19. The van der Waals surface area contributed by atoms with Gasteiger partial charge in [0.1, 0.15) is 12.1 Å². The SMILES string of the molecule is Cc1n[nH]c(C)c1CN(C)c1cc([C@H]2CCOC2)ncn1. The molecule has 0 unspecified atom stereocenters. The Labute approximate surface area is 124 Å². The lowest BCUT2D eigenvalue weighted by atomic mass is 10.0. The molecule has 6 nitrogen and oxygen atoms in total. The third-order valence-corrected chi connectivity index (χ3v) is 4.09. The molecule has 0 bridgehead atoms. The molecule has 0 amide bonds. The maximum atomic E-state index is 5.44. The lowest BCUT2D eigenvalue weighted by molar-refractivity contribution is 0.193. The lowest BCUT2D eigenvalue weighted by Gasteiger charge is -2.19. The molecular formula is C15H21N5O. The van der Waals surface area contributed by atoms with Gasteiger partial charge in [-0.2, -0.15) is 5.10 Å². The van der Waals surface area contributed by atoms with E-state index in [1.807, 2.05) is 20.9 Å². The average molecular weight is 287 g/mol. The second-order valence-corrected chi connectivity index (χ2v) is 5.63. The first-order chi connectivity index (χ1) is 10.1. The highest BCUT2D eigenvalue weighted by Gasteiger charge is 2.20. The Morgan fingerprint density at radius 3 is 2.90 bits per heavy atom. The van der Waals surface area contributed by atoms with Crippen molar-refractivity contribution in [1.82, 2.24) is 20.2 Å². The van der Waals surface area contributed by atoms with Gasteiger partial charge in [-0.25, -0.2) is 9.97 Å². The van der Waals surface area contributed by atoms with Crippen molar-refractivity contribution in [3.63, 3.8) is 0 Å². The molecule has 0 spiro atoms. The number of rotatable bonds is 4. The van der Waals surface area contributed by atoms with Crippen molar-refractivity contribution in [3.05, 3.63) is 35.0 Å². The van der Waals surface area contributed by atoms with Crippen molar-refractivity contribution in [1.29, 1.82) is 0 Å². The first kappa shape index (κ1) is 14.0. The molecule has 1 saturated heterocycles. The number of aromatic amines is 1. The molecule has 6 heteroatoms. The van der Waals surface area contributed by atoms with Gasteiger partial charge in [-0.1, -0.05) is 0 Å². The van der Waals surface area contributed by atoms with Crippen molar-refractivity contribution in [3.8, 4) is 0 Å². The zero-order valence-corrected chi connectivity index (χ0v) is 12.8. The van der Waals surface area contributed by atoms with E-state index in [2.05, 4.69) is 31.1 Å². The molecule has 2 aromatic heterocycles. The van der Waals surface area contributed by atoms with Crippen molar-refractivity contribution in [2.75, 3.05) is 25.2 Å². The number of H-pyrrole nitrogens is 1. The van der Waals surface area contributed by atoms with Gasteiger partial charge in [0.25, 0.3) is 0 Å². The predicted octanol–water partition coefficient (Wildman–Crippen LogP) is 1.96. The van der Waals surface area contributed by atoms with Crippen LogP contribution in [0.25, 0.3) is 0 Å². The number of nitrogens with zero attached hydrogens (tertiary/aromatic N) is 4. The standard InChI is InChI=1S/C15H21N5O/c1-10-13(11(2)19-18-10)7-20(3)15-6-14(16-9-17-15)12-4-5-21-8-12/h6,9,12H,4-5,7-8H2,1-3H3,(H,18,19)/t12-/m0/s1. The Kier molecular flexibility index (Phi) is 3.88. The Hall–Kier alpha value is -1.95. The smallest absolute Gasteiger partial charge is 0.132 e. The van der Waals surface area contributed by atoms with E-state index in [1.165, 1.54) is 5.56 Å². The zero-order valence-electron chi connectivity index (χ0n) is 12.8. The highest BCUT2D eigenvalue weighted by molar-refractivity contribution is 5.41. The molecule has 112 valence electrons. The summed E-state index contributed by atoms with van der Waals surface area (Å²) in [5.41, 5.74) is 4.45. The molecular weight excluding hydrogens is 266 g/mol. The number of hydrogen-bond donors (Lipinski definition) is 1. The summed E-state index contributed by atoms with van der Waals surface area (Å²) in [5.74, 6) is 1.34. The van der Waals surface area contributed by atoms with E-state index in [-0.39, 0.29) is 0 Å². The van der Waals surface area contributed by atoms with E-state index in [1.54, 1.807) is 6.33 Å². The Morgan fingerprint density at radius 1 is 1.38 bits per heavy atom. The van der Waals surface area contributed by atoms with Crippen LogP contribution in [0.4, 0.5) is 5.82 Å². The number of aryl methyl sites for hydroxylation is 2. The summed E-state index contributed by atoms with van der Waals surface area (Å²) in [6, 6.07) is 2.07. The molecule has 0 aliphatic carbocycles. The third kappa shape index (κ3) is 2.90. The normalized spacial score (nSPS) is 18.1. The van der Waals surface area contributed by atoms with Gasteiger partial charge in [0.2, 0.25) is 0 Å². The summed E-state index contributed by atoms with van der Waals surface area (Å²) in [6.07, 6.45) is 2.69. The van der Waals surface area contributed by atoms with Gasteiger partial charge in [-0.3, -0.25) is 5.10 Å². The van der Waals surface area contributed by atoms with Gasteiger partial charge < -0.3 is 9.64 Å². The fraction of sp³-hybridized carbons (Fsp3) is 0.533. The molecule has 1 aliphatic rings. The van der Waals surface area contributed by atoms with Crippen LogP contribution in [0.3, 0.4) is 0 Å². The largest absolute Gasteiger partial charge is 0.381 e. The highest BCUT2D eigenvalue weighted by atomic mass is 16.5. The summed E-state index contributed by atoms with van der Waals surface area (Å²) < 4.78 is 5.44. The fourth-order valence-corrected chi connectivity index (χ4v) is 2.69. The zero-order chi connectivity index (χ0) is 14.8. The van der Waals surface area contributed by atoms with Crippen LogP contribution in [-0.4, -0.2) is 40.4 Å². The number of anilines is 1. The minimum absolute atomic E-state index is 0.401. The molecule has 2 aromatic rings. The van der Waals surface area contributed by atoms with Crippen molar-refractivity contribution in [2.24, 2.45) is 0 Å². The number of ether oxygens (including phenoxy) is 1. The van der Waals surface area contributed by atoms with Gasteiger partial charge in [-0.05, 0) is 20.3 Å². The van der Waals surface area contributed by atoms with Gasteiger partial charge >= 0.3 is 0 Å². The van der Waals surface area contributed by atoms with Crippen LogP contribution < -0.4 is 4.90 Å². The van der Waals surface area contributed by atoms with E-state index in [4.69, 9.17) is 4.74 Å². The number of nitrogens with one attached hydrogen (secondary N) is 1. The summed E-state index contributed by atoms with van der Waals surface area (Å²) in [5, 5.41) is 7.27. The Morgan fingerprint density at radius 2 is 2.24 bits per heavy atom. The molecule has 3 rings (SSSR count). The van der Waals surface area contributed by atoms with E-state index in [9.17, 15) is 0 Å². The second kappa shape index (κ2) is 5.81. The van der Waals surface area contributed by atoms with Crippen LogP contribution >= 0.6 is 0 Å². The molecule has 1 N–H and O–H groups in total. The van der Waals surface area contributed by atoms with E-state index >= 15 is 0 Å². The molecule has 0 aromatic carbocycles. The summed E-state index contributed by atoms with van der Waals surface area (Å²) in [4.78, 5) is 10.9. The average Bonchev–Trinajstić information content (AvgIpc) is 3.13. The van der Waals surface area contributed by atoms with E-state index in [0.717, 1.165) is 49.1 Å². The molecule has 0 saturated carbocycles. The Balaban J connectivity index is 1.78. The van der Waals surface area contributed by atoms with Crippen LogP contribution in [0.15, 0.2) is 12.4 Å². The predicted molar refractivity (Wildman–Crippen MR) is 80.4 cm³/mol. The van der Waals surface area contributed by atoms with Gasteiger partial charge in [0, 0.05) is 43.4 Å². The first-order valence-electron chi connectivity index (χ1n) is 7.26. The van der Waals surface area contributed by atoms with E-state index < -0.39 is 0 Å². The molecule has 1 aliphatic heterocycles. The third-order valence-electron chi connectivity index (χ3n) is 4.09. The van der Waals surface area contributed by atoms with Crippen LogP contribution in [0.1, 0.15) is 35.0 Å². The number of aromatic nitrogens is 4. The highest BCUT2D eigenvalue weighted by Crippen LogP contribution is 2.25. The van der Waals surface area contributed by atoms with Gasteiger partial charge in [0.15, 0.2) is 0 Å². The first-order valence-corrected chi connectivity index (χ1v) is 7.26. The van der Waals surface area contributed by atoms with Crippen molar-refractivity contribution >= 4 is 5.82 Å². The second-order valence-electron chi connectivity index (χ2n) is 5.63. The minimum atomic E-state index is 0.401. The van der Waals surface area contributed by atoms with Crippen LogP contribution in [0.2, 0.25) is 0 Å². The topological polar surface area (TPSA) is 66.9 Å². The summed E-state index contributed by atoms with van der Waals surface area (Å²) in [7, 11) is 2.04. The van der Waals surface area contributed by atoms with Gasteiger partial charge in [0.05, 0.1) is 18.0 Å². The maximum absolute atomic E-state index is 5.44. The summed E-state index contributed by atoms with van der Waals surface area (Å²) in [6.45, 7) is 6.44. The van der Waals surface area contributed by atoms with Crippen molar-refractivity contribution < 1.29 is 4.74 Å². The Bertz CT molecular complexity index is 599. The maximum Gasteiger partial charge on any atom is 0.132 e. The molecule has 3 heterocycles. The quantitative estimate of drug-likeness (QED) is 0.931. The van der Waals surface area contributed by atoms with Crippen LogP contribution in [-0.2, 0) is 11.3 Å². The molecule has 21 heavy (non-hydrogen) atoms. The van der Waals surface area contributed by atoms with E-state index in [0.29, 0.717) is 5.92 Å². The molecule has 1 fully saturated rings. The fourth-order valence-electron chi connectivity index (χ4n) is 2.69. The van der Waals surface area contributed by atoms with Crippen LogP contribution in [0.5, 0.6) is 0 Å². The number of hydrogen-bond acceptors (Lipinski definition) is 5.